The van der Waals surface area contributed by atoms with E-state index in [0.717, 1.165) is 5.00 Å². The quantitative estimate of drug-likeness (QED) is 0.775. The summed E-state index contributed by atoms with van der Waals surface area (Å²) in [5.41, 5.74) is 0.639. The van der Waals surface area contributed by atoms with E-state index in [2.05, 4.69) is 15.6 Å². The van der Waals surface area contributed by atoms with Crippen LogP contribution >= 0.6 is 22.7 Å². The third kappa shape index (κ3) is 3.11. The number of amides is 2. The number of carbonyl (C=O) groups is 1. The van der Waals surface area contributed by atoms with Crippen molar-refractivity contribution in [2.75, 3.05) is 11.9 Å². The van der Waals surface area contributed by atoms with E-state index in [9.17, 15) is 9.59 Å². The van der Waals surface area contributed by atoms with Gasteiger partial charge in [-0.1, -0.05) is 0 Å². The molecule has 3 rings (SSSR count). The fourth-order valence-electron chi connectivity index (χ4n) is 1.83. The molecule has 0 bridgehead atoms. The van der Waals surface area contributed by atoms with Crippen molar-refractivity contribution < 1.29 is 4.79 Å². The number of nitrogens with one attached hydrogen (secondary N) is 2. The van der Waals surface area contributed by atoms with Crippen molar-refractivity contribution in [1.29, 1.82) is 0 Å². The molecule has 0 saturated heterocycles. The van der Waals surface area contributed by atoms with Crippen LogP contribution in [0.3, 0.4) is 0 Å². The summed E-state index contributed by atoms with van der Waals surface area (Å²) in [5.74, 6) is 0. The van der Waals surface area contributed by atoms with Gasteiger partial charge in [0.25, 0.3) is 5.56 Å². The minimum absolute atomic E-state index is 0.0736. The average Bonchev–Trinajstić information content (AvgIpc) is 3.12. The van der Waals surface area contributed by atoms with E-state index in [1.165, 1.54) is 33.6 Å². The number of fused-ring (bicyclic) bond motifs is 1. The smallest absolute Gasteiger partial charge is 0.319 e. The molecule has 6 nitrogen and oxygen atoms in total. The second kappa shape index (κ2) is 6.06. The fourth-order valence-corrected chi connectivity index (χ4v) is 3.24. The van der Waals surface area contributed by atoms with Crippen molar-refractivity contribution in [1.82, 2.24) is 14.9 Å². The van der Waals surface area contributed by atoms with E-state index in [1.54, 1.807) is 0 Å². The maximum absolute atomic E-state index is 12.1. The van der Waals surface area contributed by atoms with Crippen LogP contribution < -0.4 is 16.2 Å². The molecule has 3 aromatic rings. The number of urea groups is 1. The molecular formula is C13H12N4O2S2. The summed E-state index contributed by atoms with van der Waals surface area (Å²) in [5, 5.41) is 9.94. The van der Waals surface area contributed by atoms with Gasteiger partial charge < -0.3 is 5.32 Å². The molecule has 0 radical (unpaired) electrons. The summed E-state index contributed by atoms with van der Waals surface area (Å²) in [6, 6.07) is 5.22. The van der Waals surface area contributed by atoms with Crippen LogP contribution in [-0.2, 0) is 6.54 Å². The molecule has 0 saturated carbocycles. The molecule has 2 amide bonds. The van der Waals surface area contributed by atoms with Gasteiger partial charge in [0, 0.05) is 13.1 Å². The Hall–Kier alpha value is -2.19. The third-order valence-electron chi connectivity index (χ3n) is 2.83. The van der Waals surface area contributed by atoms with Gasteiger partial charge in [0.1, 0.15) is 4.70 Å². The highest BCUT2D eigenvalue weighted by atomic mass is 32.1. The predicted octanol–water partition coefficient (Wildman–Crippen LogP) is 2.34. The Bertz CT molecular complexity index is 807. The van der Waals surface area contributed by atoms with E-state index in [0.29, 0.717) is 23.3 Å². The SMILES string of the molecule is O=C(NCCn1cnc2ccsc2c1=O)Nc1cccs1. The van der Waals surface area contributed by atoms with Gasteiger partial charge in [-0.3, -0.25) is 14.7 Å². The normalized spacial score (nSPS) is 10.7. The lowest BCUT2D eigenvalue weighted by Gasteiger charge is -2.07. The number of carbonyl (C=O) groups excluding carboxylic acids is 1. The van der Waals surface area contributed by atoms with Gasteiger partial charge in [-0.05, 0) is 29.0 Å². The fraction of sp³-hybridized carbons (Fsp3) is 0.154. The van der Waals surface area contributed by atoms with Crippen molar-refractivity contribution in [2.24, 2.45) is 0 Å². The minimum atomic E-state index is -0.282. The topological polar surface area (TPSA) is 76.0 Å². The molecule has 2 N–H and O–H groups in total. The summed E-state index contributed by atoms with van der Waals surface area (Å²) in [6.07, 6.45) is 1.51. The minimum Gasteiger partial charge on any atom is -0.336 e. The van der Waals surface area contributed by atoms with Crippen molar-refractivity contribution in [3.8, 4) is 0 Å². The van der Waals surface area contributed by atoms with Gasteiger partial charge in [0.15, 0.2) is 0 Å². The molecule has 21 heavy (non-hydrogen) atoms. The van der Waals surface area contributed by atoms with Gasteiger partial charge in [-0.15, -0.1) is 22.7 Å². The first-order chi connectivity index (χ1) is 10.2. The largest absolute Gasteiger partial charge is 0.336 e. The van der Waals surface area contributed by atoms with Gasteiger partial charge in [0.2, 0.25) is 0 Å². The molecule has 108 valence electrons. The van der Waals surface area contributed by atoms with Crippen LogP contribution in [0, 0.1) is 0 Å². The molecule has 0 unspecified atom stereocenters. The second-order valence-corrected chi connectivity index (χ2v) is 6.10. The van der Waals surface area contributed by atoms with Gasteiger partial charge in [-0.25, -0.2) is 9.78 Å². The Labute approximate surface area is 128 Å². The predicted molar refractivity (Wildman–Crippen MR) is 85.2 cm³/mol. The van der Waals surface area contributed by atoms with Crippen LogP contribution in [0.4, 0.5) is 9.80 Å². The Morgan fingerprint density at radius 3 is 3.00 bits per heavy atom. The van der Waals surface area contributed by atoms with E-state index >= 15 is 0 Å². The van der Waals surface area contributed by atoms with Crippen molar-refractivity contribution >= 4 is 43.9 Å². The summed E-state index contributed by atoms with van der Waals surface area (Å²) < 4.78 is 2.14. The zero-order valence-electron chi connectivity index (χ0n) is 10.9. The lowest BCUT2D eigenvalue weighted by molar-refractivity contribution is 0.251. The van der Waals surface area contributed by atoms with Crippen LogP contribution in [0.1, 0.15) is 0 Å². The lowest BCUT2D eigenvalue weighted by atomic mass is 10.4. The monoisotopic (exact) mass is 320 g/mol. The van der Waals surface area contributed by atoms with Crippen molar-refractivity contribution in [3.63, 3.8) is 0 Å². The highest BCUT2D eigenvalue weighted by molar-refractivity contribution is 7.17. The number of rotatable bonds is 4. The molecule has 0 aromatic carbocycles. The number of aromatic nitrogens is 2. The molecule has 0 aliphatic rings. The molecule has 0 fully saturated rings. The molecule has 3 aromatic heterocycles. The molecule has 0 aliphatic carbocycles. The van der Waals surface area contributed by atoms with Crippen molar-refractivity contribution in [2.45, 2.75) is 6.54 Å². The van der Waals surface area contributed by atoms with E-state index < -0.39 is 0 Å². The average molecular weight is 320 g/mol. The summed E-state index contributed by atoms with van der Waals surface area (Å²) in [6.45, 7) is 0.743. The number of nitrogens with zero attached hydrogens (tertiary/aromatic N) is 2. The molecule has 3 heterocycles. The van der Waals surface area contributed by atoms with E-state index in [-0.39, 0.29) is 11.6 Å². The van der Waals surface area contributed by atoms with Gasteiger partial charge in [0.05, 0.1) is 16.8 Å². The Balaban J connectivity index is 1.58. The Morgan fingerprint density at radius 2 is 2.19 bits per heavy atom. The van der Waals surface area contributed by atoms with Crippen LogP contribution in [0.15, 0.2) is 40.1 Å². The second-order valence-electron chi connectivity index (χ2n) is 4.24. The maximum atomic E-state index is 12.1. The molecule has 0 spiro atoms. The van der Waals surface area contributed by atoms with Gasteiger partial charge >= 0.3 is 6.03 Å². The van der Waals surface area contributed by atoms with Crippen LogP contribution in [0.25, 0.3) is 10.2 Å². The summed E-state index contributed by atoms with van der Waals surface area (Å²) >= 11 is 2.83. The first-order valence-electron chi connectivity index (χ1n) is 6.25. The summed E-state index contributed by atoms with van der Waals surface area (Å²) in [4.78, 5) is 28.0. The van der Waals surface area contributed by atoms with E-state index in [4.69, 9.17) is 0 Å². The van der Waals surface area contributed by atoms with Crippen molar-refractivity contribution in [3.05, 3.63) is 45.6 Å². The van der Waals surface area contributed by atoms with E-state index in [1.807, 2.05) is 29.0 Å². The van der Waals surface area contributed by atoms with Crippen LogP contribution in [0.5, 0.6) is 0 Å². The summed E-state index contributed by atoms with van der Waals surface area (Å²) in [7, 11) is 0. The molecule has 0 aliphatic heterocycles. The maximum Gasteiger partial charge on any atom is 0.319 e. The molecule has 0 atom stereocenters. The number of hydrogen-bond acceptors (Lipinski definition) is 5. The Kier molecular flexibility index (Phi) is 3.98. The number of thiophene rings is 2. The first-order valence-corrected chi connectivity index (χ1v) is 8.01. The molecule has 8 heteroatoms. The lowest BCUT2D eigenvalue weighted by Crippen LogP contribution is -2.33. The van der Waals surface area contributed by atoms with Gasteiger partial charge in [-0.2, -0.15) is 0 Å². The molecular weight excluding hydrogens is 308 g/mol. The number of hydrogen-bond donors (Lipinski definition) is 2. The zero-order valence-corrected chi connectivity index (χ0v) is 12.5. The third-order valence-corrected chi connectivity index (χ3v) is 4.51. The van der Waals surface area contributed by atoms with Crippen LogP contribution in [0.2, 0.25) is 0 Å². The highest BCUT2D eigenvalue weighted by Gasteiger charge is 2.06. The zero-order chi connectivity index (χ0) is 14.7. The van der Waals surface area contributed by atoms with Crippen LogP contribution in [-0.4, -0.2) is 22.1 Å². The first kappa shape index (κ1) is 13.8. The highest BCUT2D eigenvalue weighted by Crippen LogP contribution is 2.14. The standard InChI is InChI=1S/C13H12N4O2S2/c18-12-11-9(3-7-21-11)15-8-17(12)5-4-14-13(19)16-10-2-1-6-20-10/h1-3,6-8H,4-5H2,(H2,14,16,19). The number of anilines is 1. The Morgan fingerprint density at radius 1 is 1.29 bits per heavy atom.